The molecule has 1 atom stereocenters. The van der Waals surface area contributed by atoms with Gasteiger partial charge in [0, 0.05) is 35.7 Å². The van der Waals surface area contributed by atoms with Crippen LogP contribution >= 0.6 is 0 Å². The molecule has 3 aromatic rings. The highest BCUT2D eigenvalue weighted by molar-refractivity contribution is 6.35. The van der Waals surface area contributed by atoms with Crippen molar-refractivity contribution in [2.45, 2.75) is 59.0 Å². The number of rotatable bonds is 9. The van der Waals surface area contributed by atoms with Gasteiger partial charge in [0.1, 0.15) is 0 Å². The van der Waals surface area contributed by atoms with Crippen LogP contribution in [-0.4, -0.2) is 45.4 Å². The Hall–Kier alpha value is -4.17. The molecule has 2 aliphatic heterocycles. The van der Waals surface area contributed by atoms with Gasteiger partial charge >= 0.3 is 5.97 Å². The molecule has 0 spiro atoms. The van der Waals surface area contributed by atoms with Gasteiger partial charge < -0.3 is 20.7 Å². The van der Waals surface area contributed by atoms with E-state index in [2.05, 4.69) is 36.5 Å². The van der Waals surface area contributed by atoms with Crippen molar-refractivity contribution < 1.29 is 19.5 Å². The molecule has 4 N–H and O–H groups in total. The van der Waals surface area contributed by atoms with Crippen molar-refractivity contribution >= 4 is 35.1 Å². The summed E-state index contributed by atoms with van der Waals surface area (Å²) in [6.07, 6.45) is 6.11. The van der Waals surface area contributed by atoms with Crippen LogP contribution in [0.3, 0.4) is 0 Å². The number of aryl methyl sites for hydroxylation is 1. The summed E-state index contributed by atoms with van der Waals surface area (Å²) in [7, 11) is 0. The largest absolute Gasteiger partial charge is 0.478 e. The smallest absolute Gasteiger partial charge is 0.337 e. The van der Waals surface area contributed by atoms with Gasteiger partial charge in [0.05, 0.1) is 11.1 Å². The highest BCUT2D eigenvalue weighted by Crippen LogP contribution is 2.38. The number of likely N-dealkylation sites (tertiary alicyclic amines) is 1. The first-order valence-corrected chi connectivity index (χ1v) is 14.0. The normalized spacial score (nSPS) is 16.8. The number of nitrogens with two attached hydrogens (primary N) is 1. The Balaban J connectivity index is 1.57. The van der Waals surface area contributed by atoms with Crippen LogP contribution in [0.1, 0.15) is 77.2 Å². The minimum Gasteiger partial charge on any atom is -0.478 e. The lowest BCUT2D eigenvalue weighted by Crippen LogP contribution is -2.41. The van der Waals surface area contributed by atoms with Crippen molar-refractivity contribution in [1.29, 1.82) is 0 Å². The van der Waals surface area contributed by atoms with Crippen molar-refractivity contribution in [3.05, 3.63) is 76.1 Å². The predicted octanol–water partition coefficient (Wildman–Crippen LogP) is 5.39. The molecule has 1 saturated heterocycles. The fourth-order valence-electron chi connectivity index (χ4n) is 6.04. The summed E-state index contributed by atoms with van der Waals surface area (Å²) in [6, 6.07) is 14.4. The number of nitrogens with one attached hydrogen (secondary N) is 1. The third kappa shape index (κ3) is 4.95. The minimum absolute atomic E-state index is 0.119. The molecule has 2 amide bonds. The number of benzene rings is 2. The number of carbonyl (C=O) groups excluding carboxylic acids is 2. The van der Waals surface area contributed by atoms with Crippen LogP contribution in [0.25, 0.3) is 22.8 Å². The zero-order valence-electron chi connectivity index (χ0n) is 23.3. The zero-order chi connectivity index (χ0) is 28.6. The molecule has 0 aliphatic carbocycles. The maximum atomic E-state index is 13.2. The number of fused-ring (bicyclic) bond motifs is 1. The summed E-state index contributed by atoms with van der Waals surface area (Å²) in [4.78, 5) is 40.2. The first-order valence-electron chi connectivity index (χ1n) is 14.0. The van der Waals surface area contributed by atoms with Crippen LogP contribution in [0.15, 0.2) is 42.5 Å². The van der Waals surface area contributed by atoms with Crippen LogP contribution in [0.4, 0.5) is 5.69 Å². The first kappa shape index (κ1) is 27.4. The van der Waals surface area contributed by atoms with E-state index >= 15 is 0 Å². The number of hydrogen-bond acceptors (Lipinski definition) is 4. The Kier molecular flexibility index (Phi) is 7.63. The monoisotopic (exact) mass is 540 g/mol. The number of aromatic nitrogens is 1. The van der Waals surface area contributed by atoms with Crippen molar-refractivity contribution in [2.24, 2.45) is 5.73 Å². The molecule has 1 fully saturated rings. The fourth-order valence-corrected chi connectivity index (χ4v) is 6.04. The van der Waals surface area contributed by atoms with E-state index in [1.165, 1.54) is 5.56 Å². The Bertz CT molecular complexity index is 1510. The molecule has 1 unspecified atom stereocenters. The second kappa shape index (κ2) is 11.1. The average Bonchev–Trinajstić information content (AvgIpc) is 3.61. The highest BCUT2D eigenvalue weighted by atomic mass is 16.4. The number of aromatic carboxylic acids is 1. The summed E-state index contributed by atoms with van der Waals surface area (Å²) in [6.45, 7) is 6.96. The number of nitrogens with zero attached hydrogens (tertiary/aromatic N) is 2. The van der Waals surface area contributed by atoms with Gasteiger partial charge in [-0.2, -0.15) is 0 Å². The number of carboxylic acid groups (broad SMARTS) is 1. The molecule has 2 aromatic carbocycles. The molecule has 8 heteroatoms. The van der Waals surface area contributed by atoms with Gasteiger partial charge in [-0.15, -0.1) is 0 Å². The molecular formula is C32H36N4O4. The van der Waals surface area contributed by atoms with Crippen LogP contribution in [0, 0.1) is 13.8 Å². The van der Waals surface area contributed by atoms with Crippen LogP contribution in [0.2, 0.25) is 0 Å². The van der Waals surface area contributed by atoms with Crippen LogP contribution in [-0.2, 0) is 16.0 Å². The minimum atomic E-state index is -1.08. The number of carboxylic acids is 1. The third-order valence-electron chi connectivity index (χ3n) is 8.13. The Morgan fingerprint density at radius 3 is 2.38 bits per heavy atom. The van der Waals surface area contributed by atoms with E-state index < -0.39 is 18.0 Å². The van der Waals surface area contributed by atoms with E-state index in [9.17, 15) is 19.5 Å². The van der Waals surface area contributed by atoms with Gasteiger partial charge in [-0.3, -0.25) is 14.5 Å². The van der Waals surface area contributed by atoms with Crippen molar-refractivity contribution in [2.75, 3.05) is 18.4 Å². The molecule has 0 bridgehead atoms. The van der Waals surface area contributed by atoms with E-state index in [-0.39, 0.29) is 11.5 Å². The van der Waals surface area contributed by atoms with E-state index in [1.807, 2.05) is 23.1 Å². The summed E-state index contributed by atoms with van der Waals surface area (Å²) in [5.74, 6) is -1.92. The molecule has 208 valence electrons. The molecule has 0 radical (unpaired) electrons. The fraction of sp³-hybridized carbons (Fsp3) is 0.344. The standard InChI is InChI=1S/C32H36N4O4/c1-4-5-8-21-9-11-22(12-10-21)23-13-14-24-25(30(38)34-26(24)17-23)18-27-19(2)28(32(39)40)20(3)36(27)31(29(33)37)35-15-6-7-16-35/h9-14,17-18,31H,4-8,15-16H2,1-3H3,(H2,33,37)(H,34,38)(H,39,40). The van der Waals surface area contributed by atoms with E-state index in [0.717, 1.165) is 48.8 Å². The van der Waals surface area contributed by atoms with Crippen molar-refractivity contribution in [3.8, 4) is 11.1 Å². The highest BCUT2D eigenvalue weighted by Gasteiger charge is 2.34. The number of carbonyl (C=O) groups is 3. The quantitative estimate of drug-likeness (QED) is 0.315. The average molecular weight is 541 g/mol. The second-order valence-electron chi connectivity index (χ2n) is 10.7. The number of primary amides is 1. The number of anilines is 1. The second-order valence-corrected chi connectivity index (χ2v) is 10.7. The topological polar surface area (TPSA) is 118 Å². The first-order chi connectivity index (χ1) is 19.2. The van der Waals surface area contributed by atoms with Gasteiger partial charge in [-0.1, -0.05) is 49.7 Å². The SMILES string of the molecule is CCCCc1ccc(-c2ccc3c(c2)NC(=O)C3=Cc2c(C)c(C(=O)O)c(C)n2C(C(N)=O)N2CCCC2)cc1. The number of hydrogen-bond donors (Lipinski definition) is 3. The lowest BCUT2D eigenvalue weighted by molar-refractivity contribution is -0.126. The summed E-state index contributed by atoms with van der Waals surface area (Å²) < 4.78 is 1.69. The number of amides is 2. The molecule has 5 rings (SSSR count). The summed E-state index contributed by atoms with van der Waals surface area (Å²) >= 11 is 0. The van der Waals surface area contributed by atoms with Crippen LogP contribution in [0.5, 0.6) is 0 Å². The number of unbranched alkanes of at least 4 members (excludes halogenated alkanes) is 1. The van der Waals surface area contributed by atoms with E-state index in [1.54, 1.807) is 24.5 Å². The molecule has 8 nitrogen and oxygen atoms in total. The maximum Gasteiger partial charge on any atom is 0.337 e. The Morgan fingerprint density at radius 2 is 1.75 bits per heavy atom. The van der Waals surface area contributed by atoms with Crippen LogP contribution < -0.4 is 11.1 Å². The van der Waals surface area contributed by atoms with E-state index in [4.69, 9.17) is 5.73 Å². The Morgan fingerprint density at radius 1 is 1.07 bits per heavy atom. The van der Waals surface area contributed by atoms with Gasteiger partial charge in [-0.25, -0.2) is 4.79 Å². The molecule has 1 aromatic heterocycles. The molecule has 40 heavy (non-hydrogen) atoms. The van der Waals surface area contributed by atoms with Gasteiger partial charge in [0.25, 0.3) is 11.8 Å². The maximum absolute atomic E-state index is 13.2. The van der Waals surface area contributed by atoms with Gasteiger partial charge in [0.2, 0.25) is 0 Å². The lowest BCUT2D eigenvalue weighted by atomic mass is 9.98. The Labute approximate surface area is 234 Å². The zero-order valence-corrected chi connectivity index (χ0v) is 23.3. The molecule has 3 heterocycles. The van der Waals surface area contributed by atoms with E-state index in [0.29, 0.717) is 41.3 Å². The molecule has 2 aliphatic rings. The summed E-state index contributed by atoms with van der Waals surface area (Å²) in [5, 5.41) is 13.0. The van der Waals surface area contributed by atoms with Gasteiger partial charge in [0.15, 0.2) is 6.17 Å². The molecule has 0 saturated carbocycles. The van der Waals surface area contributed by atoms with Gasteiger partial charge in [-0.05, 0) is 73.9 Å². The predicted molar refractivity (Wildman–Crippen MR) is 157 cm³/mol. The van der Waals surface area contributed by atoms with Crippen molar-refractivity contribution in [3.63, 3.8) is 0 Å². The third-order valence-corrected chi connectivity index (χ3v) is 8.13. The molecular weight excluding hydrogens is 504 g/mol. The summed E-state index contributed by atoms with van der Waals surface area (Å²) in [5.41, 5.74) is 12.6. The van der Waals surface area contributed by atoms with Crippen molar-refractivity contribution in [1.82, 2.24) is 9.47 Å². The lowest BCUT2D eigenvalue weighted by Gasteiger charge is -2.29.